The first-order chi connectivity index (χ1) is 14.8. The second-order valence-corrected chi connectivity index (χ2v) is 8.36. The molecule has 0 aliphatic carbocycles. The minimum absolute atomic E-state index is 0.0149. The second-order valence-electron chi connectivity index (χ2n) is 7.93. The van der Waals surface area contributed by atoms with Crippen LogP contribution in [0.25, 0.3) is 0 Å². The summed E-state index contributed by atoms with van der Waals surface area (Å²) in [7, 11) is 0. The van der Waals surface area contributed by atoms with Crippen LogP contribution in [0.2, 0.25) is 5.02 Å². The second kappa shape index (κ2) is 8.44. The molecule has 158 valence electrons. The number of hydrogen-bond donors (Lipinski definition) is 1. The van der Waals surface area contributed by atoms with Crippen molar-refractivity contribution in [3.63, 3.8) is 0 Å². The molecule has 0 aromatic heterocycles. The van der Waals surface area contributed by atoms with E-state index in [-0.39, 0.29) is 11.8 Å². The molecule has 2 N–H and O–H groups in total. The van der Waals surface area contributed by atoms with E-state index in [1.165, 1.54) is 0 Å². The van der Waals surface area contributed by atoms with E-state index in [2.05, 4.69) is 6.07 Å². The van der Waals surface area contributed by atoms with Crippen LogP contribution in [0.3, 0.4) is 0 Å². The average molecular weight is 435 g/mol. The molecule has 1 unspecified atom stereocenters. The van der Waals surface area contributed by atoms with E-state index in [0.717, 1.165) is 22.4 Å². The number of ether oxygens (including phenoxy) is 1. The summed E-state index contributed by atoms with van der Waals surface area (Å²) in [6.45, 7) is 4.52. The third-order valence-corrected chi connectivity index (χ3v) is 5.64. The van der Waals surface area contributed by atoms with Crippen LogP contribution < -0.4 is 15.4 Å². The molecule has 31 heavy (non-hydrogen) atoms. The highest BCUT2D eigenvalue weighted by atomic mass is 35.5. The Morgan fingerprint density at radius 3 is 2.52 bits per heavy atom. The Labute approximate surface area is 186 Å². The molecule has 1 aliphatic rings. The lowest BCUT2D eigenvalue weighted by molar-refractivity contribution is -0.117. The van der Waals surface area contributed by atoms with Crippen LogP contribution >= 0.6 is 11.6 Å². The molecule has 0 radical (unpaired) electrons. The number of primary amides is 1. The summed E-state index contributed by atoms with van der Waals surface area (Å²) < 4.78 is 6.22. The van der Waals surface area contributed by atoms with Gasteiger partial charge in [-0.2, -0.15) is 0 Å². The van der Waals surface area contributed by atoms with Crippen LogP contribution in [0.1, 0.15) is 39.4 Å². The first-order valence-electron chi connectivity index (χ1n) is 10.1. The molecule has 6 heteroatoms. The Kier molecular flexibility index (Phi) is 5.70. The van der Waals surface area contributed by atoms with Crippen molar-refractivity contribution in [1.82, 2.24) is 0 Å². The van der Waals surface area contributed by atoms with E-state index in [0.29, 0.717) is 35.0 Å². The van der Waals surface area contributed by atoms with Crippen molar-refractivity contribution >= 4 is 29.1 Å². The standard InChI is InChI=1S/C25H23ClN2O3/c1-15-8-16(2)10-21(9-15)31-23-13-19(26)6-7-22(23)18-12-24(29)28(14-18)20-5-3-4-17(11-20)25(27)30/h3-11,13,18H,12,14H2,1-2H3,(H2,27,30). The number of carbonyl (C=O) groups is 2. The Morgan fingerprint density at radius 2 is 1.81 bits per heavy atom. The highest BCUT2D eigenvalue weighted by molar-refractivity contribution is 6.30. The van der Waals surface area contributed by atoms with E-state index in [4.69, 9.17) is 22.1 Å². The molecule has 3 aromatic carbocycles. The summed E-state index contributed by atoms with van der Waals surface area (Å²) in [5.74, 6) is 0.771. The molecule has 2 amide bonds. The highest BCUT2D eigenvalue weighted by Crippen LogP contribution is 2.39. The van der Waals surface area contributed by atoms with E-state index < -0.39 is 5.91 Å². The fourth-order valence-electron chi connectivity index (χ4n) is 4.05. The number of anilines is 1. The van der Waals surface area contributed by atoms with Gasteiger partial charge in [0.2, 0.25) is 11.8 Å². The Balaban J connectivity index is 1.64. The molecule has 1 heterocycles. The van der Waals surface area contributed by atoms with Crippen molar-refractivity contribution in [1.29, 1.82) is 0 Å². The zero-order valence-corrected chi connectivity index (χ0v) is 18.1. The van der Waals surface area contributed by atoms with Crippen LogP contribution in [0.15, 0.2) is 60.7 Å². The number of aryl methyl sites for hydroxylation is 2. The normalized spacial score (nSPS) is 15.9. The highest BCUT2D eigenvalue weighted by Gasteiger charge is 2.33. The molecule has 1 atom stereocenters. The number of nitrogens with two attached hydrogens (primary N) is 1. The largest absolute Gasteiger partial charge is 0.457 e. The third-order valence-electron chi connectivity index (χ3n) is 5.41. The molecule has 0 spiro atoms. The molecule has 0 bridgehead atoms. The molecule has 0 saturated carbocycles. The van der Waals surface area contributed by atoms with Crippen molar-refractivity contribution in [2.24, 2.45) is 5.73 Å². The number of halogens is 1. The Bertz CT molecular complexity index is 1150. The number of rotatable bonds is 5. The molecule has 3 aromatic rings. The van der Waals surface area contributed by atoms with Gasteiger partial charge >= 0.3 is 0 Å². The minimum atomic E-state index is -0.521. The smallest absolute Gasteiger partial charge is 0.248 e. The van der Waals surface area contributed by atoms with Crippen LogP contribution in [0.4, 0.5) is 5.69 Å². The fraction of sp³-hybridized carbons (Fsp3) is 0.200. The van der Waals surface area contributed by atoms with Crippen molar-refractivity contribution in [3.05, 3.63) is 87.9 Å². The first kappa shape index (κ1) is 20.9. The maximum Gasteiger partial charge on any atom is 0.248 e. The summed E-state index contributed by atoms with van der Waals surface area (Å²) in [5, 5.41) is 0.568. The molecule has 5 nitrogen and oxygen atoms in total. The molecule has 1 aliphatic heterocycles. The van der Waals surface area contributed by atoms with Gasteiger partial charge in [0.15, 0.2) is 0 Å². The van der Waals surface area contributed by atoms with Gasteiger partial charge in [-0.1, -0.05) is 29.8 Å². The Hall–Kier alpha value is -3.31. The maximum atomic E-state index is 12.8. The van der Waals surface area contributed by atoms with Gasteiger partial charge in [-0.05, 0) is 67.4 Å². The number of carbonyl (C=O) groups excluding carboxylic acids is 2. The van der Waals surface area contributed by atoms with Crippen molar-refractivity contribution in [2.75, 3.05) is 11.4 Å². The zero-order valence-electron chi connectivity index (χ0n) is 17.4. The number of benzene rings is 3. The monoisotopic (exact) mass is 434 g/mol. The SMILES string of the molecule is Cc1cc(C)cc(Oc2cc(Cl)ccc2C2CC(=O)N(c3cccc(C(N)=O)c3)C2)c1. The summed E-state index contributed by atoms with van der Waals surface area (Å²) in [6, 6.07) is 18.4. The van der Waals surface area contributed by atoms with Crippen molar-refractivity contribution < 1.29 is 14.3 Å². The van der Waals surface area contributed by atoms with Crippen molar-refractivity contribution in [2.45, 2.75) is 26.2 Å². The molecular formula is C25H23ClN2O3. The predicted molar refractivity (Wildman–Crippen MR) is 122 cm³/mol. The maximum absolute atomic E-state index is 12.8. The van der Waals surface area contributed by atoms with Gasteiger partial charge in [-0.25, -0.2) is 0 Å². The van der Waals surface area contributed by atoms with Crippen LogP contribution in [-0.2, 0) is 4.79 Å². The summed E-state index contributed by atoms with van der Waals surface area (Å²) in [6.07, 6.45) is 0.339. The summed E-state index contributed by atoms with van der Waals surface area (Å²) >= 11 is 6.25. The van der Waals surface area contributed by atoms with E-state index in [1.807, 2.05) is 44.2 Å². The van der Waals surface area contributed by atoms with E-state index in [1.54, 1.807) is 29.2 Å². The zero-order chi connectivity index (χ0) is 22.1. The summed E-state index contributed by atoms with van der Waals surface area (Å²) in [5.41, 5.74) is 9.56. The average Bonchev–Trinajstić information content (AvgIpc) is 3.09. The third kappa shape index (κ3) is 4.57. The Morgan fingerprint density at radius 1 is 1.06 bits per heavy atom. The summed E-state index contributed by atoms with van der Waals surface area (Å²) in [4.78, 5) is 26.0. The number of nitrogens with zero attached hydrogens (tertiary/aromatic N) is 1. The number of amides is 2. The lowest BCUT2D eigenvalue weighted by atomic mass is 9.97. The predicted octanol–water partition coefficient (Wildman–Crippen LogP) is 5.37. The molecule has 1 fully saturated rings. The van der Waals surface area contributed by atoms with E-state index in [9.17, 15) is 9.59 Å². The van der Waals surface area contributed by atoms with Gasteiger partial charge < -0.3 is 15.4 Å². The lowest BCUT2D eigenvalue weighted by Crippen LogP contribution is -2.24. The van der Waals surface area contributed by atoms with E-state index >= 15 is 0 Å². The molecule has 1 saturated heterocycles. The fourth-order valence-corrected chi connectivity index (χ4v) is 4.21. The van der Waals surface area contributed by atoms with Gasteiger partial charge in [0.05, 0.1) is 0 Å². The lowest BCUT2D eigenvalue weighted by Gasteiger charge is -2.19. The van der Waals surface area contributed by atoms with Gasteiger partial charge in [-0.3, -0.25) is 9.59 Å². The van der Waals surface area contributed by atoms with Crippen LogP contribution in [0.5, 0.6) is 11.5 Å². The quantitative estimate of drug-likeness (QED) is 0.586. The molecule has 4 rings (SSSR count). The first-order valence-corrected chi connectivity index (χ1v) is 10.4. The van der Waals surface area contributed by atoms with Gasteiger partial charge in [0, 0.05) is 40.7 Å². The van der Waals surface area contributed by atoms with Crippen LogP contribution in [0, 0.1) is 13.8 Å². The van der Waals surface area contributed by atoms with Gasteiger partial charge in [-0.15, -0.1) is 0 Å². The van der Waals surface area contributed by atoms with Crippen LogP contribution in [-0.4, -0.2) is 18.4 Å². The van der Waals surface area contributed by atoms with Crippen molar-refractivity contribution in [3.8, 4) is 11.5 Å². The van der Waals surface area contributed by atoms with Gasteiger partial charge in [0.1, 0.15) is 11.5 Å². The topological polar surface area (TPSA) is 72.6 Å². The minimum Gasteiger partial charge on any atom is -0.457 e. The molecular weight excluding hydrogens is 412 g/mol. The van der Waals surface area contributed by atoms with Gasteiger partial charge in [0.25, 0.3) is 0 Å². The number of hydrogen-bond acceptors (Lipinski definition) is 3.